The fourth-order valence-corrected chi connectivity index (χ4v) is 3.55. The molecule has 0 bridgehead atoms. The Kier molecular flexibility index (Phi) is 5.41. The molecule has 33 heavy (non-hydrogen) atoms. The lowest BCUT2D eigenvalue weighted by atomic mass is 10.2. The number of rotatable bonds is 5. The summed E-state index contributed by atoms with van der Waals surface area (Å²) in [6, 6.07) is 17.2. The highest BCUT2D eigenvalue weighted by Gasteiger charge is 2.19. The van der Waals surface area contributed by atoms with Gasteiger partial charge in [0.2, 0.25) is 11.7 Å². The van der Waals surface area contributed by atoms with Gasteiger partial charge in [0, 0.05) is 16.8 Å². The van der Waals surface area contributed by atoms with E-state index in [1.165, 1.54) is 4.40 Å². The van der Waals surface area contributed by atoms with Gasteiger partial charge >= 0.3 is 5.69 Å². The highest BCUT2D eigenvalue weighted by molar-refractivity contribution is 6.33. The molecule has 9 nitrogen and oxygen atoms in total. The normalized spacial score (nSPS) is 11.1. The molecule has 0 aliphatic rings. The summed E-state index contributed by atoms with van der Waals surface area (Å²) in [5.41, 5.74) is 1.41. The van der Waals surface area contributed by atoms with E-state index in [0.717, 1.165) is 10.2 Å². The molecule has 3 heterocycles. The van der Waals surface area contributed by atoms with Crippen LogP contribution in [0.15, 0.2) is 76.2 Å². The molecule has 164 valence electrons. The van der Waals surface area contributed by atoms with E-state index in [1.807, 2.05) is 0 Å². The molecule has 0 spiro atoms. The van der Waals surface area contributed by atoms with Crippen LogP contribution in [-0.4, -0.2) is 30.2 Å². The summed E-state index contributed by atoms with van der Waals surface area (Å²) in [4.78, 5) is 29.7. The van der Waals surface area contributed by atoms with E-state index in [9.17, 15) is 9.59 Å². The zero-order valence-corrected chi connectivity index (χ0v) is 18.3. The minimum absolute atomic E-state index is 0.184. The van der Waals surface area contributed by atoms with Gasteiger partial charge in [0.25, 0.3) is 5.89 Å². The van der Waals surface area contributed by atoms with E-state index in [4.69, 9.17) is 27.7 Å². The Bertz CT molecular complexity index is 1540. The SMILES string of the molecule is O=C(Cn1nc2c(-c3nc(-c4ccc(Cl)cc4)no3)cccn2c1=O)Nc1ccccc1Cl. The quantitative estimate of drug-likeness (QED) is 0.404. The molecule has 1 N–H and O–H groups in total. The van der Waals surface area contributed by atoms with Gasteiger partial charge in [-0.15, -0.1) is 5.10 Å². The van der Waals surface area contributed by atoms with Gasteiger partial charge in [0.15, 0.2) is 5.65 Å². The molecular formula is C22H14Cl2N6O3. The molecule has 0 unspecified atom stereocenters. The van der Waals surface area contributed by atoms with Crippen molar-refractivity contribution in [2.24, 2.45) is 0 Å². The second kappa shape index (κ2) is 8.53. The van der Waals surface area contributed by atoms with E-state index in [0.29, 0.717) is 27.1 Å². The fraction of sp³-hybridized carbons (Fsp3) is 0.0455. The molecule has 0 saturated heterocycles. The Morgan fingerprint density at radius 3 is 2.61 bits per heavy atom. The minimum atomic E-state index is -0.487. The number of hydrogen-bond donors (Lipinski definition) is 1. The average molecular weight is 481 g/mol. The molecule has 0 fully saturated rings. The van der Waals surface area contributed by atoms with Crippen LogP contribution in [0.1, 0.15) is 0 Å². The fourth-order valence-electron chi connectivity index (χ4n) is 3.25. The monoisotopic (exact) mass is 480 g/mol. The Morgan fingerprint density at radius 2 is 1.82 bits per heavy atom. The van der Waals surface area contributed by atoms with Crippen molar-refractivity contribution >= 4 is 40.4 Å². The van der Waals surface area contributed by atoms with E-state index < -0.39 is 11.6 Å². The molecule has 0 saturated carbocycles. The standard InChI is InChI=1S/C22H14Cl2N6O3/c23-14-9-7-13(8-10-14)19-26-21(33-28-19)15-4-3-11-29-20(15)27-30(22(29)32)12-18(31)25-17-6-2-1-5-16(17)24/h1-11H,12H2,(H,25,31). The predicted octanol–water partition coefficient (Wildman–Crippen LogP) is 4.16. The zero-order chi connectivity index (χ0) is 22.9. The van der Waals surface area contributed by atoms with Crippen molar-refractivity contribution < 1.29 is 9.32 Å². The summed E-state index contributed by atoms with van der Waals surface area (Å²) in [6.45, 7) is -0.301. The third kappa shape index (κ3) is 4.11. The first-order chi connectivity index (χ1) is 16.0. The van der Waals surface area contributed by atoms with Gasteiger partial charge in [-0.2, -0.15) is 4.98 Å². The maximum atomic E-state index is 12.8. The summed E-state index contributed by atoms with van der Waals surface area (Å²) in [5, 5.41) is 12.0. The molecule has 0 atom stereocenters. The number of carbonyl (C=O) groups is 1. The molecule has 11 heteroatoms. The molecule has 3 aromatic heterocycles. The first kappa shape index (κ1) is 20.9. The lowest BCUT2D eigenvalue weighted by Gasteiger charge is -2.06. The maximum absolute atomic E-state index is 12.8. The number of benzene rings is 2. The number of nitrogens with zero attached hydrogens (tertiary/aromatic N) is 5. The van der Waals surface area contributed by atoms with E-state index >= 15 is 0 Å². The van der Waals surface area contributed by atoms with Gasteiger partial charge in [-0.3, -0.25) is 4.79 Å². The molecule has 0 radical (unpaired) electrons. The van der Waals surface area contributed by atoms with Crippen LogP contribution in [0.5, 0.6) is 0 Å². The van der Waals surface area contributed by atoms with E-state index in [-0.39, 0.29) is 18.1 Å². The minimum Gasteiger partial charge on any atom is -0.333 e. The number of anilines is 1. The Hall–Kier alpha value is -3.95. The molecule has 5 aromatic rings. The van der Waals surface area contributed by atoms with Gasteiger partial charge < -0.3 is 9.84 Å². The summed E-state index contributed by atoms with van der Waals surface area (Å²) in [7, 11) is 0. The van der Waals surface area contributed by atoms with Crippen LogP contribution in [0.25, 0.3) is 28.5 Å². The topological polar surface area (TPSA) is 107 Å². The van der Waals surface area contributed by atoms with Crippen LogP contribution in [-0.2, 0) is 11.3 Å². The van der Waals surface area contributed by atoms with Gasteiger partial charge in [0.05, 0.1) is 16.3 Å². The van der Waals surface area contributed by atoms with Crippen LogP contribution in [0, 0.1) is 0 Å². The molecule has 2 aromatic carbocycles. The summed E-state index contributed by atoms with van der Waals surface area (Å²) < 4.78 is 7.78. The largest absolute Gasteiger partial charge is 0.350 e. The van der Waals surface area contributed by atoms with Crippen LogP contribution in [0.4, 0.5) is 5.69 Å². The number of fused-ring (bicyclic) bond motifs is 1. The smallest absolute Gasteiger partial charge is 0.333 e. The van der Waals surface area contributed by atoms with Crippen molar-refractivity contribution in [1.29, 1.82) is 0 Å². The molecule has 0 aliphatic carbocycles. The van der Waals surface area contributed by atoms with Gasteiger partial charge in [-0.25, -0.2) is 13.9 Å². The highest BCUT2D eigenvalue weighted by Crippen LogP contribution is 2.25. The Morgan fingerprint density at radius 1 is 1.03 bits per heavy atom. The van der Waals surface area contributed by atoms with Crippen molar-refractivity contribution in [3.8, 4) is 22.8 Å². The van der Waals surface area contributed by atoms with Crippen molar-refractivity contribution in [2.75, 3.05) is 5.32 Å². The Labute approximate surface area is 196 Å². The van der Waals surface area contributed by atoms with Crippen LogP contribution < -0.4 is 11.0 Å². The zero-order valence-electron chi connectivity index (χ0n) is 16.8. The van der Waals surface area contributed by atoms with Crippen LogP contribution in [0.2, 0.25) is 10.0 Å². The number of nitrogens with one attached hydrogen (secondary N) is 1. The first-order valence-corrected chi connectivity index (χ1v) is 10.5. The molecular weight excluding hydrogens is 467 g/mol. The lowest BCUT2D eigenvalue weighted by Crippen LogP contribution is -2.28. The number of amides is 1. The lowest BCUT2D eigenvalue weighted by molar-refractivity contribution is -0.117. The second-order valence-electron chi connectivity index (χ2n) is 7.01. The van der Waals surface area contributed by atoms with Crippen molar-refractivity contribution in [1.82, 2.24) is 24.3 Å². The number of halogens is 2. The Balaban J connectivity index is 1.46. The van der Waals surface area contributed by atoms with Crippen molar-refractivity contribution in [2.45, 2.75) is 6.54 Å². The molecule has 0 aliphatic heterocycles. The summed E-state index contributed by atoms with van der Waals surface area (Å²) >= 11 is 12.0. The van der Waals surface area contributed by atoms with E-state index in [2.05, 4.69) is 20.6 Å². The maximum Gasteiger partial charge on any atom is 0.350 e. The number of carbonyl (C=O) groups excluding carboxylic acids is 1. The van der Waals surface area contributed by atoms with Crippen molar-refractivity contribution in [3.63, 3.8) is 0 Å². The van der Waals surface area contributed by atoms with Gasteiger partial charge in [-0.05, 0) is 48.5 Å². The number of para-hydroxylation sites is 1. The summed E-state index contributed by atoms with van der Waals surface area (Å²) in [5.74, 6) is 0.103. The van der Waals surface area contributed by atoms with Crippen LogP contribution >= 0.6 is 23.2 Å². The number of pyridine rings is 1. The highest BCUT2D eigenvalue weighted by atomic mass is 35.5. The van der Waals surface area contributed by atoms with Gasteiger partial charge in [-0.1, -0.05) is 40.5 Å². The second-order valence-corrected chi connectivity index (χ2v) is 7.86. The summed E-state index contributed by atoms with van der Waals surface area (Å²) in [6.07, 6.45) is 1.55. The first-order valence-electron chi connectivity index (χ1n) is 9.72. The molecule has 5 rings (SSSR count). The average Bonchev–Trinajstić information content (AvgIpc) is 3.41. The van der Waals surface area contributed by atoms with Crippen molar-refractivity contribution in [3.05, 3.63) is 87.4 Å². The van der Waals surface area contributed by atoms with Crippen LogP contribution in [0.3, 0.4) is 0 Å². The third-order valence-electron chi connectivity index (χ3n) is 4.81. The third-order valence-corrected chi connectivity index (χ3v) is 5.39. The number of aromatic nitrogens is 5. The van der Waals surface area contributed by atoms with Gasteiger partial charge in [0.1, 0.15) is 6.54 Å². The predicted molar refractivity (Wildman–Crippen MR) is 123 cm³/mol. The number of hydrogen-bond acceptors (Lipinski definition) is 6. The van der Waals surface area contributed by atoms with E-state index in [1.54, 1.807) is 66.9 Å². The molecule has 1 amide bonds.